The van der Waals surface area contributed by atoms with E-state index >= 15 is 0 Å². The van der Waals surface area contributed by atoms with Crippen molar-refractivity contribution in [1.29, 1.82) is 0 Å². The molecule has 4 aromatic rings. The van der Waals surface area contributed by atoms with E-state index in [1.165, 1.54) is 16.7 Å². The van der Waals surface area contributed by atoms with Crippen LogP contribution < -0.4 is 10.2 Å². The number of carbonyl (C=O) groups excluding carboxylic acids is 2. The molecule has 2 aromatic carbocycles. The highest BCUT2D eigenvalue weighted by molar-refractivity contribution is 6.31. The highest BCUT2D eigenvalue weighted by atomic mass is 35.5. The number of hydrogen-bond donors (Lipinski definition) is 1. The molecule has 0 saturated carbocycles. The molecule has 12 heteroatoms. The van der Waals surface area contributed by atoms with Crippen molar-refractivity contribution in [2.45, 2.75) is 39.7 Å². The first kappa shape index (κ1) is 29.7. The van der Waals surface area contributed by atoms with Crippen molar-refractivity contribution in [3.8, 4) is 11.3 Å². The fourth-order valence-corrected chi connectivity index (χ4v) is 4.71. The van der Waals surface area contributed by atoms with Gasteiger partial charge in [0.25, 0.3) is 6.43 Å². The summed E-state index contributed by atoms with van der Waals surface area (Å²) in [6.07, 6.45) is 5.16. The molecule has 0 radical (unpaired) electrons. The standard InChI is InChI=1S/C17H22N4O.C12H6ClF3N2O/c1-12-13(2)16(21-8-4-5-17(21)22)7-6-14(12)10-20-11-15(18-3)9-19-20;13-8-2-1-7(12(15)16)10(11(8)14)9-4-17-3-6(5-19)18-9/h6-7,9,11,18H,4-5,8,10H2,1-3H3;1-5,12H. The summed E-state index contributed by atoms with van der Waals surface area (Å²) in [5.74, 6) is -0.780. The van der Waals surface area contributed by atoms with E-state index in [4.69, 9.17) is 11.6 Å². The van der Waals surface area contributed by atoms with Gasteiger partial charge in [-0.25, -0.2) is 18.2 Å². The van der Waals surface area contributed by atoms with Gasteiger partial charge in [-0.05, 0) is 49.1 Å². The van der Waals surface area contributed by atoms with E-state index in [1.54, 1.807) is 0 Å². The lowest BCUT2D eigenvalue weighted by atomic mass is 10.0. The molecule has 214 valence electrons. The fourth-order valence-electron chi connectivity index (χ4n) is 4.55. The molecule has 0 unspecified atom stereocenters. The van der Waals surface area contributed by atoms with E-state index in [0.29, 0.717) is 12.7 Å². The number of nitrogens with zero attached hydrogens (tertiary/aromatic N) is 5. The Morgan fingerprint density at radius 2 is 1.90 bits per heavy atom. The van der Waals surface area contributed by atoms with Crippen molar-refractivity contribution in [3.63, 3.8) is 0 Å². The lowest BCUT2D eigenvalue weighted by Gasteiger charge is -2.21. The van der Waals surface area contributed by atoms with Gasteiger partial charge in [-0.1, -0.05) is 23.7 Å². The third-order valence-electron chi connectivity index (χ3n) is 6.88. The normalized spacial score (nSPS) is 12.9. The molecule has 0 bridgehead atoms. The minimum Gasteiger partial charge on any atom is -0.386 e. The van der Waals surface area contributed by atoms with Gasteiger partial charge in [0.1, 0.15) is 5.69 Å². The first-order valence-electron chi connectivity index (χ1n) is 12.8. The highest BCUT2D eigenvalue weighted by Crippen LogP contribution is 2.35. The lowest BCUT2D eigenvalue weighted by molar-refractivity contribution is -0.117. The van der Waals surface area contributed by atoms with Crippen LogP contribution in [0.2, 0.25) is 5.02 Å². The molecule has 1 aliphatic rings. The Balaban J connectivity index is 0.000000191. The number of aldehydes is 1. The summed E-state index contributed by atoms with van der Waals surface area (Å²) in [7, 11) is 1.89. The highest BCUT2D eigenvalue weighted by Gasteiger charge is 2.24. The SMILES string of the molecule is CNc1cnn(Cc2ccc(N3CCCC3=O)c(C)c2C)c1.O=Cc1cncc(-c2c(C(F)F)ccc(Cl)c2F)n1. The maximum Gasteiger partial charge on any atom is 0.264 e. The maximum atomic E-state index is 13.9. The summed E-state index contributed by atoms with van der Waals surface area (Å²) in [5, 5.41) is 7.13. The van der Waals surface area contributed by atoms with Crippen molar-refractivity contribution in [2.24, 2.45) is 0 Å². The molecule has 2 aromatic heterocycles. The second-order valence-electron chi connectivity index (χ2n) is 9.39. The monoisotopic (exact) mass is 584 g/mol. The molecule has 1 amide bonds. The summed E-state index contributed by atoms with van der Waals surface area (Å²) in [4.78, 5) is 31.9. The Labute approximate surface area is 240 Å². The van der Waals surface area contributed by atoms with Crippen molar-refractivity contribution in [2.75, 3.05) is 23.8 Å². The first-order chi connectivity index (χ1) is 19.6. The maximum absolute atomic E-state index is 13.9. The quantitative estimate of drug-likeness (QED) is 0.253. The van der Waals surface area contributed by atoms with Crippen LogP contribution in [0.4, 0.5) is 24.5 Å². The second-order valence-corrected chi connectivity index (χ2v) is 9.80. The number of halogens is 4. The van der Waals surface area contributed by atoms with Crippen LogP contribution >= 0.6 is 11.6 Å². The summed E-state index contributed by atoms with van der Waals surface area (Å²) in [6, 6.07) is 6.24. The predicted octanol–water partition coefficient (Wildman–Crippen LogP) is 6.40. The molecule has 1 fully saturated rings. The van der Waals surface area contributed by atoms with Crippen molar-refractivity contribution in [1.82, 2.24) is 19.7 Å². The van der Waals surface area contributed by atoms with Crippen LogP contribution in [0.1, 0.15) is 52.0 Å². The average molecular weight is 585 g/mol. The molecule has 1 saturated heterocycles. The van der Waals surface area contributed by atoms with Gasteiger partial charge >= 0.3 is 0 Å². The number of carbonyl (C=O) groups is 2. The molecule has 0 atom stereocenters. The Morgan fingerprint density at radius 3 is 2.54 bits per heavy atom. The minimum absolute atomic E-state index is 0.0860. The van der Waals surface area contributed by atoms with Gasteiger partial charge in [-0.15, -0.1) is 0 Å². The van der Waals surface area contributed by atoms with Gasteiger partial charge in [0.2, 0.25) is 5.91 Å². The number of benzene rings is 2. The van der Waals surface area contributed by atoms with Crippen LogP contribution in [0.15, 0.2) is 49.1 Å². The molecule has 0 spiro atoms. The van der Waals surface area contributed by atoms with Crippen LogP contribution in [0.5, 0.6) is 0 Å². The third kappa shape index (κ3) is 6.57. The van der Waals surface area contributed by atoms with Crippen LogP contribution in [-0.2, 0) is 11.3 Å². The van der Waals surface area contributed by atoms with Crippen molar-refractivity contribution >= 4 is 35.2 Å². The van der Waals surface area contributed by atoms with Crippen LogP contribution in [-0.4, -0.2) is 45.5 Å². The second kappa shape index (κ2) is 12.9. The Hall–Kier alpha value is -4.25. The molecular formula is C29H28ClF3N6O2. The summed E-state index contributed by atoms with van der Waals surface area (Å²) in [5.41, 5.74) is 4.47. The minimum atomic E-state index is -2.90. The Morgan fingerprint density at radius 1 is 1.12 bits per heavy atom. The fraction of sp³-hybridized carbons (Fsp3) is 0.276. The zero-order chi connectivity index (χ0) is 29.7. The lowest BCUT2D eigenvalue weighted by Crippen LogP contribution is -2.25. The molecule has 1 N–H and O–H groups in total. The zero-order valence-corrected chi connectivity index (χ0v) is 23.4. The number of nitrogens with one attached hydrogen (secondary N) is 1. The molecule has 1 aliphatic heterocycles. The molecular weight excluding hydrogens is 557 g/mol. The van der Waals surface area contributed by atoms with Gasteiger partial charge in [0.15, 0.2) is 12.1 Å². The molecule has 0 aliphatic carbocycles. The van der Waals surface area contributed by atoms with E-state index in [1.807, 2.05) is 29.0 Å². The largest absolute Gasteiger partial charge is 0.386 e. The molecule has 8 nitrogen and oxygen atoms in total. The van der Waals surface area contributed by atoms with E-state index in [9.17, 15) is 22.8 Å². The molecule has 41 heavy (non-hydrogen) atoms. The van der Waals surface area contributed by atoms with Gasteiger partial charge in [0.05, 0.1) is 41.5 Å². The first-order valence-corrected chi connectivity index (χ1v) is 13.2. The number of hydrogen-bond acceptors (Lipinski definition) is 6. The van der Waals surface area contributed by atoms with E-state index in [-0.39, 0.29) is 22.3 Å². The predicted molar refractivity (Wildman–Crippen MR) is 151 cm³/mol. The van der Waals surface area contributed by atoms with Crippen molar-refractivity contribution < 1.29 is 22.8 Å². The molecule has 5 rings (SSSR count). The smallest absolute Gasteiger partial charge is 0.264 e. The number of rotatable bonds is 7. The van der Waals surface area contributed by atoms with Gasteiger partial charge in [-0.3, -0.25) is 19.3 Å². The van der Waals surface area contributed by atoms with Crippen LogP contribution in [0, 0.1) is 19.7 Å². The third-order valence-corrected chi connectivity index (χ3v) is 7.17. The van der Waals surface area contributed by atoms with E-state index < -0.39 is 23.4 Å². The summed E-state index contributed by atoms with van der Waals surface area (Å²) >= 11 is 5.58. The number of alkyl halides is 2. The van der Waals surface area contributed by atoms with Crippen molar-refractivity contribution in [3.05, 3.63) is 87.8 Å². The van der Waals surface area contributed by atoms with Gasteiger partial charge < -0.3 is 10.2 Å². The number of amides is 1. The van der Waals surface area contributed by atoms with Gasteiger partial charge in [0, 0.05) is 43.0 Å². The Kier molecular flexibility index (Phi) is 9.38. The number of aromatic nitrogens is 4. The summed E-state index contributed by atoms with van der Waals surface area (Å²) in [6.45, 7) is 5.80. The van der Waals surface area contributed by atoms with Crippen LogP contribution in [0.3, 0.4) is 0 Å². The summed E-state index contributed by atoms with van der Waals surface area (Å²) < 4.78 is 41.6. The van der Waals surface area contributed by atoms with E-state index in [2.05, 4.69) is 46.4 Å². The topological polar surface area (TPSA) is 93.0 Å². The molecule has 3 heterocycles. The Bertz CT molecular complexity index is 1580. The van der Waals surface area contributed by atoms with Gasteiger partial charge in [-0.2, -0.15) is 5.10 Å². The van der Waals surface area contributed by atoms with E-state index in [0.717, 1.165) is 55.4 Å². The number of anilines is 2. The van der Waals surface area contributed by atoms with Crippen LogP contribution in [0.25, 0.3) is 11.3 Å². The average Bonchev–Trinajstić information content (AvgIpc) is 3.61. The zero-order valence-electron chi connectivity index (χ0n) is 22.7.